The number of aromatic nitrogens is 2. The average molecular weight is 433 g/mol. The molecular weight excluding hydrogens is 404 g/mol. The van der Waals surface area contributed by atoms with Gasteiger partial charge >= 0.3 is 0 Å². The molecule has 3 heterocycles. The van der Waals surface area contributed by atoms with Gasteiger partial charge in [0.2, 0.25) is 5.91 Å². The van der Waals surface area contributed by atoms with Crippen molar-refractivity contribution in [1.82, 2.24) is 20.4 Å². The smallest absolute Gasteiger partial charge is 0.272 e. The lowest BCUT2D eigenvalue weighted by molar-refractivity contribution is -0.134. The first-order chi connectivity index (χ1) is 15.5. The molecule has 1 aromatic carbocycles. The number of nitrogens with one attached hydrogen (secondary N) is 1. The van der Waals surface area contributed by atoms with Gasteiger partial charge in [0.25, 0.3) is 5.91 Å². The van der Waals surface area contributed by atoms with Gasteiger partial charge < -0.3 is 14.7 Å². The third-order valence-corrected chi connectivity index (χ3v) is 5.99. The van der Waals surface area contributed by atoms with Crippen molar-refractivity contribution in [3.05, 3.63) is 71.7 Å². The molecule has 3 aromatic rings. The first-order valence-electron chi connectivity index (χ1n) is 11.0. The van der Waals surface area contributed by atoms with E-state index in [1.165, 1.54) is 5.56 Å². The molecule has 166 valence electrons. The van der Waals surface area contributed by atoms with Crippen molar-refractivity contribution in [3.8, 4) is 11.3 Å². The van der Waals surface area contributed by atoms with Crippen LogP contribution < -0.4 is 5.32 Å². The maximum absolute atomic E-state index is 13.2. The zero-order valence-corrected chi connectivity index (χ0v) is 18.5. The number of piperidine rings is 1. The van der Waals surface area contributed by atoms with Crippen LogP contribution in [0.2, 0.25) is 0 Å². The third kappa shape index (κ3) is 4.56. The fourth-order valence-corrected chi connectivity index (χ4v) is 4.30. The number of nitrogens with zero attached hydrogens (tertiary/aromatic N) is 3. The minimum absolute atomic E-state index is 0.0631. The van der Waals surface area contributed by atoms with Crippen LogP contribution in [0.4, 0.5) is 0 Å². The quantitative estimate of drug-likeness (QED) is 0.642. The van der Waals surface area contributed by atoms with Gasteiger partial charge in [-0.25, -0.2) is 0 Å². The van der Waals surface area contributed by atoms with Crippen molar-refractivity contribution >= 4 is 11.8 Å². The molecule has 1 N–H and O–H groups in total. The van der Waals surface area contributed by atoms with Gasteiger partial charge in [0, 0.05) is 43.9 Å². The summed E-state index contributed by atoms with van der Waals surface area (Å²) in [6, 6.07) is 15.2. The number of amides is 2. The van der Waals surface area contributed by atoms with Gasteiger partial charge in [0.05, 0.1) is 5.41 Å². The summed E-state index contributed by atoms with van der Waals surface area (Å²) < 4.78 is 5.64. The van der Waals surface area contributed by atoms with Crippen molar-refractivity contribution in [3.63, 3.8) is 0 Å². The molecule has 1 aliphatic rings. The van der Waals surface area contributed by atoms with Gasteiger partial charge in [-0.1, -0.05) is 41.1 Å². The summed E-state index contributed by atoms with van der Waals surface area (Å²) in [5.41, 5.74) is 2.49. The van der Waals surface area contributed by atoms with Gasteiger partial charge in [-0.05, 0) is 38.8 Å². The fourth-order valence-electron chi connectivity index (χ4n) is 4.30. The molecule has 7 heteroatoms. The lowest BCUT2D eigenvalue weighted by Gasteiger charge is -2.41. The Bertz CT molecular complexity index is 1080. The van der Waals surface area contributed by atoms with Gasteiger partial charge in [-0.15, -0.1) is 0 Å². The molecule has 0 saturated carbocycles. The van der Waals surface area contributed by atoms with E-state index in [1.54, 1.807) is 29.3 Å². The standard InChI is InChI=1S/C25H28N4O3/c1-3-26-24(31)25(12-6-14-29(17-25)23(30)21-7-4-5-13-27-21)16-20-15-22(28-32-20)19-10-8-18(2)9-11-19/h4-5,7-11,13,15H,3,6,12,14,16-17H2,1-2H3,(H,26,31)/t25-/m0/s1. The molecule has 1 atom stereocenters. The zero-order valence-electron chi connectivity index (χ0n) is 18.5. The molecule has 1 aliphatic heterocycles. The van der Waals surface area contributed by atoms with E-state index in [0.717, 1.165) is 17.7 Å². The highest BCUT2D eigenvalue weighted by molar-refractivity contribution is 5.93. The van der Waals surface area contributed by atoms with E-state index in [-0.39, 0.29) is 11.8 Å². The minimum atomic E-state index is -0.775. The topological polar surface area (TPSA) is 88.3 Å². The summed E-state index contributed by atoms with van der Waals surface area (Å²) >= 11 is 0. The number of rotatable bonds is 6. The highest BCUT2D eigenvalue weighted by atomic mass is 16.5. The fraction of sp³-hybridized carbons (Fsp3) is 0.360. The van der Waals surface area contributed by atoms with Crippen LogP contribution in [0.5, 0.6) is 0 Å². The maximum Gasteiger partial charge on any atom is 0.272 e. The molecule has 7 nitrogen and oxygen atoms in total. The molecule has 0 radical (unpaired) electrons. The summed E-state index contributed by atoms with van der Waals surface area (Å²) in [6.45, 7) is 5.38. The van der Waals surface area contributed by atoms with E-state index >= 15 is 0 Å². The predicted octanol–water partition coefficient (Wildman–Crippen LogP) is 3.65. The second-order valence-electron chi connectivity index (χ2n) is 8.41. The molecule has 4 rings (SSSR count). The van der Waals surface area contributed by atoms with Gasteiger partial charge in [0.15, 0.2) is 0 Å². The van der Waals surface area contributed by atoms with Crippen LogP contribution in [0.25, 0.3) is 11.3 Å². The molecular formula is C25H28N4O3. The molecule has 0 spiro atoms. The van der Waals surface area contributed by atoms with Crippen LogP contribution >= 0.6 is 0 Å². The van der Waals surface area contributed by atoms with Crippen molar-refractivity contribution < 1.29 is 14.1 Å². The number of carbonyl (C=O) groups excluding carboxylic acids is 2. The van der Waals surface area contributed by atoms with Crippen LogP contribution in [0.3, 0.4) is 0 Å². The highest BCUT2D eigenvalue weighted by Gasteiger charge is 2.44. The second-order valence-corrected chi connectivity index (χ2v) is 8.41. The summed E-state index contributed by atoms with van der Waals surface area (Å²) in [5.74, 6) is 0.419. The second kappa shape index (κ2) is 9.34. The largest absolute Gasteiger partial charge is 0.361 e. The Labute approximate surface area is 187 Å². The first-order valence-corrected chi connectivity index (χ1v) is 11.0. The number of benzene rings is 1. The summed E-state index contributed by atoms with van der Waals surface area (Å²) in [4.78, 5) is 32.2. The summed E-state index contributed by atoms with van der Waals surface area (Å²) in [5, 5.41) is 7.19. The SMILES string of the molecule is CCNC(=O)[C@]1(Cc2cc(-c3ccc(C)cc3)no2)CCCN(C(=O)c2ccccn2)C1. The van der Waals surface area contributed by atoms with Gasteiger partial charge in [-0.2, -0.15) is 0 Å². The van der Waals surface area contributed by atoms with Crippen molar-refractivity contribution in [2.24, 2.45) is 5.41 Å². The van der Waals surface area contributed by atoms with Crippen LogP contribution in [0.1, 0.15) is 41.6 Å². The average Bonchev–Trinajstić information content (AvgIpc) is 3.28. The lowest BCUT2D eigenvalue weighted by Crippen LogP contribution is -2.54. The van der Waals surface area contributed by atoms with E-state index in [2.05, 4.69) is 15.5 Å². The van der Waals surface area contributed by atoms with E-state index in [0.29, 0.717) is 43.9 Å². The van der Waals surface area contributed by atoms with Gasteiger partial charge in [0.1, 0.15) is 17.1 Å². The molecule has 0 bridgehead atoms. The number of carbonyl (C=O) groups is 2. The van der Waals surface area contributed by atoms with Crippen molar-refractivity contribution in [2.75, 3.05) is 19.6 Å². The van der Waals surface area contributed by atoms with Crippen LogP contribution in [-0.4, -0.2) is 46.5 Å². The Morgan fingerprint density at radius 1 is 1.19 bits per heavy atom. The Balaban J connectivity index is 1.59. The third-order valence-electron chi connectivity index (χ3n) is 5.99. The summed E-state index contributed by atoms with van der Waals surface area (Å²) in [7, 11) is 0. The van der Waals surface area contributed by atoms with Crippen LogP contribution in [-0.2, 0) is 11.2 Å². The Kier molecular flexibility index (Phi) is 6.35. The molecule has 2 aromatic heterocycles. The zero-order chi connectivity index (χ0) is 22.6. The predicted molar refractivity (Wildman–Crippen MR) is 121 cm³/mol. The molecule has 0 aliphatic carbocycles. The van der Waals surface area contributed by atoms with Crippen LogP contribution in [0.15, 0.2) is 59.3 Å². The Morgan fingerprint density at radius 3 is 2.72 bits per heavy atom. The molecule has 0 unspecified atom stereocenters. The Morgan fingerprint density at radius 2 is 2.00 bits per heavy atom. The number of aryl methyl sites for hydroxylation is 1. The van der Waals surface area contributed by atoms with Crippen LogP contribution in [0, 0.1) is 12.3 Å². The first kappa shape index (κ1) is 21.7. The normalized spacial score (nSPS) is 18.4. The monoisotopic (exact) mass is 432 g/mol. The highest BCUT2D eigenvalue weighted by Crippen LogP contribution is 2.35. The maximum atomic E-state index is 13.2. The molecule has 32 heavy (non-hydrogen) atoms. The lowest BCUT2D eigenvalue weighted by atomic mass is 9.75. The van der Waals surface area contributed by atoms with E-state index in [1.807, 2.05) is 44.2 Å². The van der Waals surface area contributed by atoms with E-state index in [4.69, 9.17) is 4.52 Å². The number of hydrogen-bond donors (Lipinski definition) is 1. The summed E-state index contributed by atoms with van der Waals surface area (Å²) in [6.07, 6.45) is 3.39. The number of hydrogen-bond acceptors (Lipinski definition) is 5. The van der Waals surface area contributed by atoms with Crippen molar-refractivity contribution in [2.45, 2.75) is 33.1 Å². The molecule has 1 saturated heterocycles. The van der Waals surface area contributed by atoms with E-state index < -0.39 is 5.41 Å². The molecule has 2 amide bonds. The number of likely N-dealkylation sites (tertiary alicyclic amines) is 1. The van der Waals surface area contributed by atoms with E-state index in [9.17, 15) is 9.59 Å². The molecule has 1 fully saturated rings. The van der Waals surface area contributed by atoms with Crippen molar-refractivity contribution in [1.29, 1.82) is 0 Å². The van der Waals surface area contributed by atoms with Gasteiger partial charge in [-0.3, -0.25) is 14.6 Å². The Hall–Kier alpha value is -3.48. The number of pyridine rings is 1. The minimum Gasteiger partial charge on any atom is -0.361 e.